The van der Waals surface area contributed by atoms with Gasteiger partial charge in [0.05, 0.1) is 6.61 Å². The van der Waals surface area contributed by atoms with Crippen LogP contribution in [0.2, 0.25) is 0 Å². The van der Waals surface area contributed by atoms with Crippen LogP contribution in [0.3, 0.4) is 0 Å². The zero-order chi connectivity index (χ0) is 14.6. The van der Waals surface area contributed by atoms with Gasteiger partial charge in [0, 0.05) is 18.7 Å². The van der Waals surface area contributed by atoms with Gasteiger partial charge in [-0.1, -0.05) is 18.2 Å². The minimum absolute atomic E-state index is 0.0176. The van der Waals surface area contributed by atoms with Crippen molar-refractivity contribution in [3.8, 4) is 0 Å². The standard InChI is InChI=1S/C14H18N2O4/c15-14(7-8-20-9-14)13(19)16-11-4-2-1-3-10(11)5-6-12(17)18/h1-4H,5-9,15H2,(H,16,19)(H,17,18). The van der Waals surface area contributed by atoms with Gasteiger partial charge < -0.3 is 20.9 Å². The Balaban J connectivity index is 2.08. The molecule has 1 atom stereocenters. The third-order valence-electron chi connectivity index (χ3n) is 3.38. The molecule has 6 nitrogen and oxygen atoms in total. The quantitative estimate of drug-likeness (QED) is 0.738. The van der Waals surface area contributed by atoms with E-state index in [2.05, 4.69) is 5.32 Å². The molecule has 0 aliphatic carbocycles. The Hall–Kier alpha value is -1.92. The maximum atomic E-state index is 12.2. The number of ether oxygens (including phenoxy) is 1. The third-order valence-corrected chi connectivity index (χ3v) is 3.38. The number of anilines is 1. The van der Waals surface area contributed by atoms with Crippen LogP contribution in [0.4, 0.5) is 5.69 Å². The van der Waals surface area contributed by atoms with E-state index in [1.54, 1.807) is 18.2 Å². The molecule has 1 saturated heterocycles. The third kappa shape index (κ3) is 3.34. The summed E-state index contributed by atoms with van der Waals surface area (Å²) >= 11 is 0. The first kappa shape index (κ1) is 14.5. The normalized spacial score (nSPS) is 21.6. The van der Waals surface area contributed by atoms with Crippen molar-refractivity contribution in [2.24, 2.45) is 5.73 Å². The van der Waals surface area contributed by atoms with Crippen LogP contribution >= 0.6 is 0 Å². The predicted octanol–water partition coefficient (Wildman–Crippen LogP) is 0.760. The highest BCUT2D eigenvalue weighted by molar-refractivity contribution is 5.98. The molecule has 1 aromatic rings. The summed E-state index contributed by atoms with van der Waals surface area (Å²) in [7, 11) is 0. The van der Waals surface area contributed by atoms with E-state index in [0.717, 1.165) is 5.56 Å². The van der Waals surface area contributed by atoms with Gasteiger partial charge in [-0.05, 0) is 24.5 Å². The van der Waals surface area contributed by atoms with E-state index in [4.69, 9.17) is 15.6 Å². The van der Waals surface area contributed by atoms with Gasteiger partial charge in [0.25, 0.3) is 0 Å². The first-order chi connectivity index (χ1) is 9.51. The molecule has 108 valence electrons. The SMILES string of the molecule is NC1(C(=O)Nc2ccccc2CCC(=O)O)CCOC1. The second kappa shape index (κ2) is 6.02. The summed E-state index contributed by atoms with van der Waals surface area (Å²) in [5, 5.41) is 11.5. The molecule has 1 aliphatic heterocycles. The molecule has 1 aromatic carbocycles. The summed E-state index contributed by atoms with van der Waals surface area (Å²) in [4.78, 5) is 22.8. The number of hydrogen-bond donors (Lipinski definition) is 3. The lowest BCUT2D eigenvalue weighted by Gasteiger charge is -2.21. The van der Waals surface area contributed by atoms with E-state index < -0.39 is 11.5 Å². The number of amides is 1. The maximum absolute atomic E-state index is 12.2. The summed E-state index contributed by atoms with van der Waals surface area (Å²) in [6, 6.07) is 7.14. The number of rotatable bonds is 5. The van der Waals surface area contributed by atoms with Crippen LogP contribution in [0, 0.1) is 0 Å². The van der Waals surface area contributed by atoms with E-state index in [-0.39, 0.29) is 18.9 Å². The van der Waals surface area contributed by atoms with Crippen molar-refractivity contribution >= 4 is 17.6 Å². The van der Waals surface area contributed by atoms with Gasteiger partial charge >= 0.3 is 5.97 Å². The van der Waals surface area contributed by atoms with Crippen molar-refractivity contribution in [2.45, 2.75) is 24.8 Å². The Morgan fingerprint density at radius 1 is 1.40 bits per heavy atom. The zero-order valence-electron chi connectivity index (χ0n) is 11.1. The summed E-state index contributed by atoms with van der Waals surface area (Å²) < 4.78 is 5.16. The maximum Gasteiger partial charge on any atom is 0.303 e. The number of carboxylic acids is 1. The minimum atomic E-state index is -1.00. The molecular formula is C14H18N2O4. The van der Waals surface area contributed by atoms with E-state index >= 15 is 0 Å². The van der Waals surface area contributed by atoms with E-state index in [1.165, 1.54) is 0 Å². The van der Waals surface area contributed by atoms with Gasteiger partial charge in [-0.15, -0.1) is 0 Å². The molecule has 1 aliphatic rings. The van der Waals surface area contributed by atoms with Crippen molar-refractivity contribution in [1.29, 1.82) is 0 Å². The molecule has 4 N–H and O–H groups in total. The molecule has 0 spiro atoms. The molecule has 6 heteroatoms. The largest absolute Gasteiger partial charge is 0.481 e. The van der Waals surface area contributed by atoms with Crippen molar-refractivity contribution in [3.05, 3.63) is 29.8 Å². The number of para-hydroxylation sites is 1. The van der Waals surface area contributed by atoms with Crippen LogP contribution in [-0.2, 0) is 20.7 Å². The molecule has 0 radical (unpaired) electrons. The number of aliphatic carboxylic acids is 1. The second-order valence-corrected chi connectivity index (χ2v) is 4.96. The number of aryl methyl sites for hydroxylation is 1. The van der Waals surface area contributed by atoms with Crippen molar-refractivity contribution in [1.82, 2.24) is 0 Å². The van der Waals surface area contributed by atoms with E-state index in [9.17, 15) is 9.59 Å². The number of hydrogen-bond acceptors (Lipinski definition) is 4. The summed E-state index contributed by atoms with van der Waals surface area (Å²) in [5.41, 5.74) is 6.38. The minimum Gasteiger partial charge on any atom is -0.481 e. The van der Waals surface area contributed by atoms with E-state index in [1.807, 2.05) is 6.07 Å². The Labute approximate surface area is 116 Å². The second-order valence-electron chi connectivity index (χ2n) is 4.96. The number of nitrogens with one attached hydrogen (secondary N) is 1. The lowest BCUT2D eigenvalue weighted by atomic mass is 9.98. The topological polar surface area (TPSA) is 102 Å². The smallest absolute Gasteiger partial charge is 0.303 e. The van der Waals surface area contributed by atoms with Crippen molar-refractivity contribution < 1.29 is 19.4 Å². The predicted molar refractivity (Wildman–Crippen MR) is 73.4 cm³/mol. The number of nitrogens with two attached hydrogens (primary N) is 1. The van der Waals surface area contributed by atoms with Gasteiger partial charge in [-0.3, -0.25) is 9.59 Å². The fourth-order valence-corrected chi connectivity index (χ4v) is 2.11. The highest BCUT2D eigenvalue weighted by Crippen LogP contribution is 2.21. The Bertz CT molecular complexity index is 510. The summed E-state index contributed by atoms with van der Waals surface area (Å²) in [6.07, 6.45) is 0.861. The molecule has 20 heavy (non-hydrogen) atoms. The fraction of sp³-hybridized carbons (Fsp3) is 0.429. The zero-order valence-corrected chi connectivity index (χ0v) is 11.1. The van der Waals surface area contributed by atoms with Crippen LogP contribution in [-0.4, -0.2) is 35.7 Å². The molecule has 2 rings (SSSR count). The fourth-order valence-electron chi connectivity index (χ4n) is 2.11. The Kier molecular flexibility index (Phi) is 4.36. The summed E-state index contributed by atoms with van der Waals surface area (Å²) in [6.45, 7) is 0.681. The highest BCUT2D eigenvalue weighted by Gasteiger charge is 2.38. The molecule has 1 amide bonds. The number of benzene rings is 1. The van der Waals surface area contributed by atoms with Crippen LogP contribution in [0.1, 0.15) is 18.4 Å². The average Bonchev–Trinajstić information content (AvgIpc) is 2.86. The van der Waals surface area contributed by atoms with Gasteiger partial charge in [0.1, 0.15) is 5.54 Å². The molecule has 1 fully saturated rings. The van der Waals surface area contributed by atoms with Gasteiger partial charge in [0.2, 0.25) is 5.91 Å². The first-order valence-electron chi connectivity index (χ1n) is 6.49. The van der Waals surface area contributed by atoms with Gasteiger partial charge in [0.15, 0.2) is 0 Å². The Morgan fingerprint density at radius 3 is 2.80 bits per heavy atom. The van der Waals surface area contributed by atoms with E-state index in [0.29, 0.717) is 25.1 Å². The van der Waals surface area contributed by atoms with Crippen molar-refractivity contribution in [3.63, 3.8) is 0 Å². The molecule has 0 bridgehead atoms. The molecular weight excluding hydrogens is 260 g/mol. The van der Waals surface area contributed by atoms with Gasteiger partial charge in [-0.2, -0.15) is 0 Å². The number of carboxylic acid groups (broad SMARTS) is 1. The number of carbonyl (C=O) groups excluding carboxylic acids is 1. The molecule has 1 unspecified atom stereocenters. The van der Waals surface area contributed by atoms with Crippen LogP contribution in [0.25, 0.3) is 0 Å². The molecule has 0 aromatic heterocycles. The molecule has 1 heterocycles. The first-order valence-corrected chi connectivity index (χ1v) is 6.49. The van der Waals surface area contributed by atoms with Crippen molar-refractivity contribution in [2.75, 3.05) is 18.5 Å². The Morgan fingerprint density at radius 2 is 2.15 bits per heavy atom. The highest BCUT2D eigenvalue weighted by atomic mass is 16.5. The lowest BCUT2D eigenvalue weighted by Crippen LogP contribution is -2.51. The average molecular weight is 278 g/mol. The summed E-state index contributed by atoms with van der Waals surface area (Å²) in [5.74, 6) is -1.16. The lowest BCUT2D eigenvalue weighted by molar-refractivity contribution is -0.137. The van der Waals surface area contributed by atoms with Crippen LogP contribution in [0.5, 0.6) is 0 Å². The monoisotopic (exact) mass is 278 g/mol. The van der Waals surface area contributed by atoms with Crippen LogP contribution < -0.4 is 11.1 Å². The van der Waals surface area contributed by atoms with Gasteiger partial charge in [-0.25, -0.2) is 0 Å². The number of carbonyl (C=O) groups is 2. The molecule has 0 saturated carbocycles. The van der Waals surface area contributed by atoms with Crippen LogP contribution in [0.15, 0.2) is 24.3 Å².